The monoisotopic (exact) mass is 522 g/mol. The van der Waals surface area contributed by atoms with Gasteiger partial charge >= 0.3 is 12.1 Å². The Hall–Kier alpha value is -3.77. The highest BCUT2D eigenvalue weighted by atomic mass is 35.5. The number of urea groups is 1. The van der Waals surface area contributed by atoms with Gasteiger partial charge in [0.15, 0.2) is 0 Å². The Morgan fingerprint density at radius 3 is 2.58 bits per heavy atom. The van der Waals surface area contributed by atoms with Gasteiger partial charge in [0.2, 0.25) is 5.91 Å². The summed E-state index contributed by atoms with van der Waals surface area (Å²) in [4.78, 5) is 38.8. The summed E-state index contributed by atoms with van der Waals surface area (Å²) in [6, 6.07) is 5.67. The van der Waals surface area contributed by atoms with Crippen molar-refractivity contribution in [2.75, 3.05) is 18.4 Å². The largest absolute Gasteiger partial charge is 0.351 e. The molecule has 1 saturated heterocycles. The van der Waals surface area contributed by atoms with E-state index in [9.17, 15) is 23.2 Å². The third-order valence-corrected chi connectivity index (χ3v) is 6.38. The second-order valence-electron chi connectivity index (χ2n) is 8.44. The lowest BCUT2D eigenvalue weighted by Crippen LogP contribution is -2.47. The number of carbonyl (C=O) groups is 3. The number of benzene rings is 2. The zero-order valence-electron chi connectivity index (χ0n) is 18.7. The summed E-state index contributed by atoms with van der Waals surface area (Å²) in [6.07, 6.45) is 0.888. The van der Waals surface area contributed by atoms with Gasteiger partial charge < -0.3 is 27.0 Å². The van der Waals surface area contributed by atoms with Crippen LogP contribution in [-0.2, 0) is 11.3 Å². The third kappa shape index (κ3) is 4.69. The Balaban J connectivity index is 1.56. The first-order valence-electron chi connectivity index (χ1n) is 10.8. The summed E-state index contributed by atoms with van der Waals surface area (Å²) in [7, 11) is 0. The number of nitrogens with one attached hydrogen (secondary N) is 2. The molecule has 0 aliphatic carbocycles. The number of para-hydroxylation sites is 1. The summed E-state index contributed by atoms with van der Waals surface area (Å²) in [5, 5.41) is 5.08. The average molecular weight is 523 g/mol. The first-order valence-corrected chi connectivity index (χ1v) is 11.2. The Morgan fingerprint density at radius 2 is 1.89 bits per heavy atom. The van der Waals surface area contributed by atoms with E-state index < -0.39 is 72.9 Å². The first kappa shape index (κ1) is 25.3. The molecule has 4 amide bonds. The van der Waals surface area contributed by atoms with Crippen molar-refractivity contribution < 1.29 is 27.6 Å². The maximum atomic E-state index is 15.2. The topological polar surface area (TPSA) is 135 Å². The highest BCUT2D eigenvalue weighted by Crippen LogP contribution is 2.32. The molecule has 1 fully saturated rings. The molecule has 1 aromatic heterocycles. The lowest BCUT2D eigenvalue weighted by atomic mass is 10.0. The number of nitrogens with zero attached hydrogens (tertiary/aromatic N) is 2. The fourth-order valence-electron chi connectivity index (χ4n) is 4.21. The number of nitrogens with two attached hydrogens (primary N) is 2. The van der Waals surface area contributed by atoms with Crippen LogP contribution < -0.4 is 22.1 Å². The number of carbonyl (C=O) groups excluding carboxylic acids is 3. The summed E-state index contributed by atoms with van der Waals surface area (Å²) >= 11 is 5.68. The second kappa shape index (κ2) is 9.70. The molecule has 0 saturated carbocycles. The lowest BCUT2D eigenvalue weighted by Gasteiger charge is -2.24. The van der Waals surface area contributed by atoms with Crippen molar-refractivity contribution in [3.8, 4) is 0 Å². The second-order valence-corrected chi connectivity index (χ2v) is 8.85. The van der Waals surface area contributed by atoms with Crippen molar-refractivity contribution in [2.24, 2.45) is 11.5 Å². The molecular weight excluding hydrogens is 501 g/mol. The molecule has 1 aliphatic rings. The normalized spacial score (nSPS) is 19.5. The molecule has 4 rings (SSSR count). The van der Waals surface area contributed by atoms with Crippen LogP contribution in [0.3, 0.4) is 0 Å². The SMILES string of the molecule is NC[C@@]1(F)C[C@@H](C(=O)NCc2c(F)ccc(Cl)c2F)N(C(=O)Nc2cn(C(N)=O)c3ccccc23)C1. The predicted octanol–water partition coefficient (Wildman–Crippen LogP) is 3.09. The molecule has 0 unspecified atom stereocenters. The fourth-order valence-corrected chi connectivity index (χ4v) is 4.38. The van der Waals surface area contributed by atoms with Crippen molar-refractivity contribution in [3.63, 3.8) is 0 Å². The summed E-state index contributed by atoms with van der Waals surface area (Å²) in [5.41, 5.74) is 9.04. The van der Waals surface area contributed by atoms with E-state index in [0.717, 1.165) is 21.6 Å². The molecule has 3 aromatic rings. The van der Waals surface area contributed by atoms with Gasteiger partial charge in [0.25, 0.3) is 0 Å². The van der Waals surface area contributed by atoms with Gasteiger partial charge in [0, 0.05) is 36.7 Å². The summed E-state index contributed by atoms with van der Waals surface area (Å²) in [5.74, 6) is -2.80. The van der Waals surface area contributed by atoms with Gasteiger partial charge in [-0.2, -0.15) is 0 Å². The van der Waals surface area contributed by atoms with Gasteiger partial charge in [-0.1, -0.05) is 29.8 Å². The van der Waals surface area contributed by atoms with Crippen LogP contribution in [0, 0.1) is 11.6 Å². The number of primary amides is 1. The predicted molar refractivity (Wildman–Crippen MR) is 127 cm³/mol. The molecule has 0 spiro atoms. The lowest BCUT2D eigenvalue weighted by molar-refractivity contribution is -0.124. The van der Waals surface area contributed by atoms with Crippen molar-refractivity contribution in [2.45, 2.75) is 24.7 Å². The molecule has 1 aliphatic heterocycles. The van der Waals surface area contributed by atoms with Gasteiger partial charge in [-0.3, -0.25) is 9.36 Å². The van der Waals surface area contributed by atoms with E-state index in [4.69, 9.17) is 23.1 Å². The van der Waals surface area contributed by atoms with Crippen LogP contribution in [0.4, 0.5) is 28.4 Å². The molecule has 0 bridgehead atoms. The zero-order chi connectivity index (χ0) is 26.2. The van der Waals surface area contributed by atoms with E-state index in [-0.39, 0.29) is 10.7 Å². The number of likely N-dealkylation sites (tertiary alicyclic amines) is 1. The van der Waals surface area contributed by atoms with Crippen LogP contribution >= 0.6 is 11.6 Å². The molecule has 2 heterocycles. The van der Waals surface area contributed by atoms with Crippen molar-refractivity contribution >= 4 is 46.2 Å². The standard InChI is InChI=1S/C23H22ClF3N6O3/c24-14-5-6-15(25)13(19(14)26)8-30-20(34)18-7-23(27,10-28)11-33(18)22(36)31-16-9-32(21(29)35)17-4-2-1-3-12(16)17/h1-6,9,18H,7-8,10-11,28H2,(H2,29,35)(H,30,34)(H,31,36)/t18-,23-/m0/s1. The van der Waals surface area contributed by atoms with Crippen LogP contribution in [-0.4, -0.2) is 52.2 Å². The number of fused-ring (bicyclic) bond motifs is 1. The van der Waals surface area contributed by atoms with E-state index >= 15 is 4.39 Å². The highest BCUT2D eigenvalue weighted by Gasteiger charge is 2.49. The minimum Gasteiger partial charge on any atom is -0.351 e. The van der Waals surface area contributed by atoms with E-state index in [1.165, 1.54) is 6.20 Å². The average Bonchev–Trinajstić information content (AvgIpc) is 3.40. The maximum Gasteiger partial charge on any atom is 0.323 e. The van der Waals surface area contributed by atoms with Crippen LogP contribution in [0.25, 0.3) is 10.9 Å². The maximum absolute atomic E-state index is 15.2. The molecule has 0 radical (unpaired) electrons. The minimum atomic E-state index is -2.06. The van der Waals surface area contributed by atoms with E-state index in [1.54, 1.807) is 24.3 Å². The van der Waals surface area contributed by atoms with E-state index in [0.29, 0.717) is 10.9 Å². The molecule has 2 atom stereocenters. The number of amides is 4. The first-order chi connectivity index (χ1) is 17.0. The van der Waals surface area contributed by atoms with Crippen LogP contribution in [0.5, 0.6) is 0 Å². The van der Waals surface area contributed by atoms with Crippen LogP contribution in [0.1, 0.15) is 12.0 Å². The van der Waals surface area contributed by atoms with Crippen LogP contribution in [0.2, 0.25) is 5.02 Å². The number of halogens is 4. The Kier molecular flexibility index (Phi) is 6.83. The highest BCUT2D eigenvalue weighted by molar-refractivity contribution is 6.30. The molecule has 9 nitrogen and oxygen atoms in total. The minimum absolute atomic E-state index is 0.209. The van der Waals surface area contributed by atoms with Gasteiger partial charge in [-0.15, -0.1) is 0 Å². The van der Waals surface area contributed by atoms with E-state index in [2.05, 4.69) is 10.6 Å². The summed E-state index contributed by atoms with van der Waals surface area (Å²) < 4.78 is 44.5. The number of alkyl halides is 1. The quantitative estimate of drug-likeness (QED) is 0.383. The van der Waals surface area contributed by atoms with Crippen LogP contribution in [0.15, 0.2) is 42.6 Å². The number of rotatable bonds is 5. The number of aromatic nitrogens is 1. The fraction of sp³-hybridized carbons (Fsp3) is 0.261. The van der Waals surface area contributed by atoms with Crippen molar-refractivity contribution in [1.29, 1.82) is 0 Å². The Labute approximate surface area is 208 Å². The molecule has 13 heteroatoms. The smallest absolute Gasteiger partial charge is 0.323 e. The van der Waals surface area contributed by atoms with Crippen molar-refractivity contribution in [3.05, 3.63) is 64.8 Å². The number of hydrogen-bond acceptors (Lipinski definition) is 4. The molecule has 190 valence electrons. The summed E-state index contributed by atoms with van der Waals surface area (Å²) in [6.45, 7) is -1.53. The Bertz CT molecular complexity index is 1370. The number of hydrogen-bond donors (Lipinski definition) is 4. The molecule has 36 heavy (non-hydrogen) atoms. The number of anilines is 1. The van der Waals surface area contributed by atoms with Gasteiger partial charge in [-0.05, 0) is 18.2 Å². The third-order valence-electron chi connectivity index (χ3n) is 6.09. The zero-order valence-corrected chi connectivity index (χ0v) is 19.5. The van der Waals surface area contributed by atoms with E-state index in [1.807, 2.05) is 0 Å². The molecule has 2 aromatic carbocycles. The van der Waals surface area contributed by atoms with Gasteiger partial charge in [0.1, 0.15) is 23.3 Å². The molecule has 6 N–H and O–H groups in total. The molecular formula is C23H22ClF3N6O3. The van der Waals surface area contributed by atoms with Crippen molar-refractivity contribution in [1.82, 2.24) is 14.8 Å². The van der Waals surface area contributed by atoms with Gasteiger partial charge in [-0.25, -0.2) is 22.8 Å². The van der Waals surface area contributed by atoms with Gasteiger partial charge in [0.05, 0.1) is 22.8 Å². The Morgan fingerprint density at radius 1 is 1.17 bits per heavy atom.